The molecule has 1 saturated carbocycles. The van der Waals surface area contributed by atoms with Gasteiger partial charge in [0, 0.05) is 30.8 Å². The lowest BCUT2D eigenvalue weighted by Gasteiger charge is -2.18. The van der Waals surface area contributed by atoms with Gasteiger partial charge in [0.2, 0.25) is 0 Å². The van der Waals surface area contributed by atoms with Crippen molar-refractivity contribution in [3.8, 4) is 0 Å². The SMILES string of the molecule is COCc1cc2c(Nc3cc([C@H]4CC[C@@H](OC(=O)NC(C)C)[C@@H]4F)[nH]n3)nc(C(F)(F)F)cn2n1. The number of anilines is 2. The Labute approximate surface area is 197 Å². The van der Waals surface area contributed by atoms with Crippen molar-refractivity contribution in [2.24, 2.45) is 0 Å². The van der Waals surface area contributed by atoms with Crippen LogP contribution in [-0.2, 0) is 22.3 Å². The van der Waals surface area contributed by atoms with E-state index < -0.39 is 36.2 Å². The first-order valence-corrected chi connectivity index (χ1v) is 10.9. The van der Waals surface area contributed by atoms with Gasteiger partial charge in [0.15, 0.2) is 17.3 Å². The molecule has 1 fully saturated rings. The summed E-state index contributed by atoms with van der Waals surface area (Å²) < 4.78 is 66.4. The Hall–Kier alpha value is -3.42. The number of nitrogens with zero attached hydrogens (tertiary/aromatic N) is 4. The third kappa shape index (κ3) is 5.47. The van der Waals surface area contributed by atoms with Crippen LogP contribution < -0.4 is 10.6 Å². The predicted molar refractivity (Wildman–Crippen MR) is 116 cm³/mol. The minimum Gasteiger partial charge on any atom is -0.443 e. The van der Waals surface area contributed by atoms with Crippen LogP contribution in [-0.4, -0.2) is 56.3 Å². The fourth-order valence-electron chi connectivity index (χ4n) is 3.98. The number of hydrogen-bond acceptors (Lipinski definition) is 7. The summed E-state index contributed by atoms with van der Waals surface area (Å²) in [6, 6.07) is 2.90. The average Bonchev–Trinajstić information content (AvgIpc) is 3.46. The number of nitrogens with one attached hydrogen (secondary N) is 3. The molecule has 0 bridgehead atoms. The lowest BCUT2D eigenvalue weighted by Crippen LogP contribution is -2.36. The molecule has 3 heterocycles. The zero-order valence-electron chi connectivity index (χ0n) is 19.2. The Kier molecular flexibility index (Phi) is 6.83. The van der Waals surface area contributed by atoms with Crippen molar-refractivity contribution < 1.29 is 31.8 Å². The standard InChI is InChI=1S/C21H25F4N7O3/c1-10(2)26-20(33)35-15-5-4-12(18(15)22)13-7-17(30-29-13)28-19-14-6-11(9-34-3)31-32(14)8-16(27-19)21(23,24)25/h6-8,10,12,15,18H,4-5,9H2,1-3H3,(H,26,33)(H2,27,28,29,30)/t12-,15-,18-/m1/s1. The molecule has 1 aliphatic rings. The molecule has 0 unspecified atom stereocenters. The highest BCUT2D eigenvalue weighted by atomic mass is 19.4. The smallest absolute Gasteiger partial charge is 0.434 e. The maximum Gasteiger partial charge on any atom is 0.434 e. The third-order valence-corrected chi connectivity index (χ3v) is 5.50. The number of alkyl halides is 4. The summed E-state index contributed by atoms with van der Waals surface area (Å²) in [4.78, 5) is 15.5. The van der Waals surface area contributed by atoms with Crippen molar-refractivity contribution in [3.63, 3.8) is 0 Å². The Balaban J connectivity index is 1.54. The minimum absolute atomic E-state index is 0.104. The molecule has 1 aliphatic carbocycles. The summed E-state index contributed by atoms with van der Waals surface area (Å²) in [6.07, 6.45) is -6.24. The van der Waals surface area contributed by atoms with Crippen molar-refractivity contribution in [2.75, 3.05) is 12.4 Å². The number of ether oxygens (including phenoxy) is 2. The van der Waals surface area contributed by atoms with Gasteiger partial charge in [0.1, 0.15) is 17.8 Å². The fraction of sp³-hybridized carbons (Fsp3) is 0.524. The van der Waals surface area contributed by atoms with Crippen LogP contribution in [0.4, 0.5) is 34.0 Å². The van der Waals surface area contributed by atoms with Gasteiger partial charge < -0.3 is 20.1 Å². The van der Waals surface area contributed by atoms with Crippen molar-refractivity contribution in [1.29, 1.82) is 0 Å². The van der Waals surface area contributed by atoms with E-state index in [1.807, 2.05) is 0 Å². The first-order chi connectivity index (χ1) is 16.5. The Bertz CT molecular complexity index is 1190. The fourth-order valence-corrected chi connectivity index (χ4v) is 3.98. The zero-order chi connectivity index (χ0) is 25.3. The number of aromatic nitrogens is 5. The Morgan fingerprint density at radius 2 is 2.09 bits per heavy atom. The molecule has 3 aromatic heterocycles. The van der Waals surface area contributed by atoms with Gasteiger partial charge in [-0.2, -0.15) is 23.4 Å². The topological polar surface area (TPSA) is 118 Å². The second kappa shape index (κ2) is 9.68. The van der Waals surface area contributed by atoms with Crippen LogP contribution in [0.1, 0.15) is 49.7 Å². The van der Waals surface area contributed by atoms with Crippen LogP contribution in [0.5, 0.6) is 0 Å². The summed E-state index contributed by atoms with van der Waals surface area (Å²) in [6.45, 7) is 3.63. The number of rotatable bonds is 7. The highest BCUT2D eigenvalue weighted by molar-refractivity contribution is 5.72. The van der Waals surface area contributed by atoms with E-state index in [0.29, 0.717) is 24.2 Å². The molecule has 3 aromatic rings. The second-order valence-electron chi connectivity index (χ2n) is 8.58. The largest absolute Gasteiger partial charge is 0.443 e. The lowest BCUT2D eigenvalue weighted by atomic mass is 10.0. The monoisotopic (exact) mass is 499 g/mol. The maximum absolute atomic E-state index is 15.0. The number of halogens is 4. The highest BCUT2D eigenvalue weighted by Gasteiger charge is 2.41. The second-order valence-corrected chi connectivity index (χ2v) is 8.58. The molecule has 190 valence electrons. The number of carbonyl (C=O) groups excluding carboxylic acids is 1. The summed E-state index contributed by atoms with van der Waals surface area (Å²) >= 11 is 0. The van der Waals surface area contributed by atoms with Gasteiger partial charge in [-0.3, -0.25) is 5.10 Å². The van der Waals surface area contributed by atoms with Crippen LogP contribution in [0.15, 0.2) is 18.3 Å². The molecule has 4 rings (SSSR count). The molecule has 14 heteroatoms. The van der Waals surface area contributed by atoms with Crippen LogP contribution in [0.25, 0.3) is 5.52 Å². The summed E-state index contributed by atoms with van der Waals surface area (Å²) in [5.41, 5.74) is -0.0248. The molecule has 35 heavy (non-hydrogen) atoms. The van der Waals surface area contributed by atoms with Crippen molar-refractivity contribution >= 4 is 23.2 Å². The third-order valence-electron chi connectivity index (χ3n) is 5.50. The van der Waals surface area contributed by atoms with E-state index >= 15 is 4.39 Å². The molecule has 0 aromatic carbocycles. The molecular formula is C21H25F4N7O3. The summed E-state index contributed by atoms with van der Waals surface area (Å²) in [5, 5.41) is 16.2. The van der Waals surface area contributed by atoms with E-state index in [-0.39, 0.29) is 29.8 Å². The van der Waals surface area contributed by atoms with Gasteiger partial charge in [0.05, 0.1) is 18.5 Å². The van der Waals surface area contributed by atoms with E-state index in [2.05, 4.69) is 30.9 Å². The molecule has 0 saturated heterocycles. The van der Waals surface area contributed by atoms with E-state index in [1.165, 1.54) is 13.2 Å². The molecule has 1 amide bonds. The van der Waals surface area contributed by atoms with E-state index in [1.54, 1.807) is 19.9 Å². The quantitative estimate of drug-likeness (QED) is 0.419. The maximum atomic E-state index is 15.0. The molecule has 3 N–H and O–H groups in total. The van der Waals surface area contributed by atoms with Crippen LogP contribution in [0, 0.1) is 0 Å². The lowest BCUT2D eigenvalue weighted by molar-refractivity contribution is -0.141. The van der Waals surface area contributed by atoms with Gasteiger partial charge in [-0.15, -0.1) is 0 Å². The molecule has 3 atom stereocenters. The average molecular weight is 499 g/mol. The summed E-state index contributed by atoms with van der Waals surface area (Å²) in [7, 11) is 1.45. The van der Waals surface area contributed by atoms with Gasteiger partial charge in [0.25, 0.3) is 0 Å². The van der Waals surface area contributed by atoms with Crippen LogP contribution in [0.3, 0.4) is 0 Å². The number of fused-ring (bicyclic) bond motifs is 1. The van der Waals surface area contributed by atoms with Gasteiger partial charge in [-0.25, -0.2) is 18.7 Å². The van der Waals surface area contributed by atoms with Crippen molar-refractivity contribution in [1.82, 2.24) is 30.1 Å². The zero-order valence-corrected chi connectivity index (χ0v) is 19.2. The number of amides is 1. The number of methoxy groups -OCH3 is 1. The van der Waals surface area contributed by atoms with E-state index in [4.69, 9.17) is 9.47 Å². The Morgan fingerprint density at radius 1 is 1.31 bits per heavy atom. The van der Waals surface area contributed by atoms with Gasteiger partial charge >= 0.3 is 12.3 Å². The minimum atomic E-state index is -4.70. The number of alkyl carbamates (subject to hydrolysis) is 1. The number of carbonyl (C=O) groups is 1. The molecule has 0 aliphatic heterocycles. The first kappa shape index (κ1) is 24.7. The molecule has 0 radical (unpaired) electrons. The Morgan fingerprint density at radius 3 is 2.77 bits per heavy atom. The highest BCUT2D eigenvalue weighted by Crippen LogP contribution is 2.39. The molecule has 0 spiro atoms. The number of H-pyrrole nitrogens is 1. The van der Waals surface area contributed by atoms with Gasteiger partial charge in [-0.1, -0.05) is 0 Å². The van der Waals surface area contributed by atoms with Crippen LogP contribution in [0.2, 0.25) is 0 Å². The molecule has 10 nitrogen and oxygen atoms in total. The van der Waals surface area contributed by atoms with E-state index in [9.17, 15) is 18.0 Å². The number of aromatic amines is 1. The van der Waals surface area contributed by atoms with Crippen LogP contribution >= 0.6 is 0 Å². The van der Waals surface area contributed by atoms with E-state index in [0.717, 1.165) is 10.7 Å². The predicted octanol–water partition coefficient (Wildman–Crippen LogP) is 4.08. The number of hydrogen-bond donors (Lipinski definition) is 3. The van der Waals surface area contributed by atoms with Crippen molar-refractivity contribution in [2.45, 2.75) is 63.7 Å². The normalized spacial score (nSPS) is 20.5. The van der Waals surface area contributed by atoms with Gasteiger partial charge in [-0.05, 0) is 32.8 Å². The summed E-state index contributed by atoms with van der Waals surface area (Å²) in [5.74, 6) is -0.590. The first-order valence-electron chi connectivity index (χ1n) is 10.9. The molecular weight excluding hydrogens is 474 g/mol. The van der Waals surface area contributed by atoms with Crippen molar-refractivity contribution in [3.05, 3.63) is 35.4 Å².